The number of nitroso groups, excluding NO2 is 1. The third-order valence-electron chi connectivity index (χ3n) is 2.29. The fraction of sp³-hybridized carbons (Fsp3) is 0.167. The van der Waals surface area contributed by atoms with E-state index in [0.717, 1.165) is 11.3 Å². The van der Waals surface area contributed by atoms with Crippen LogP contribution in [0, 0.1) is 11.8 Å². The van der Waals surface area contributed by atoms with E-state index >= 15 is 0 Å². The van der Waals surface area contributed by atoms with Crippen molar-refractivity contribution < 1.29 is 0 Å². The number of aryl methyl sites for hydroxylation is 1. The van der Waals surface area contributed by atoms with Crippen LogP contribution in [0.5, 0.6) is 0 Å². The largest absolute Gasteiger partial charge is 0.153 e. The molecule has 0 atom stereocenters. The molecule has 0 saturated carbocycles. The predicted octanol–water partition coefficient (Wildman–Crippen LogP) is 2.72. The highest BCUT2D eigenvalue weighted by molar-refractivity contribution is 5.58. The van der Waals surface area contributed by atoms with Crippen molar-refractivity contribution in [2.45, 2.75) is 13.5 Å². The van der Waals surface area contributed by atoms with Gasteiger partial charge in [0.25, 0.3) is 0 Å². The van der Waals surface area contributed by atoms with E-state index < -0.39 is 0 Å². The zero-order chi connectivity index (χ0) is 11.4. The molecule has 0 N–H and O–H groups in total. The number of aromatic nitrogens is 2. The van der Waals surface area contributed by atoms with Crippen molar-refractivity contribution in [3.8, 4) is 11.3 Å². The molecule has 0 aliphatic rings. The van der Waals surface area contributed by atoms with Crippen LogP contribution in [0.15, 0.2) is 41.6 Å². The highest BCUT2D eigenvalue weighted by Crippen LogP contribution is 2.16. The van der Waals surface area contributed by atoms with Gasteiger partial charge in [-0.3, -0.25) is 0 Å². The van der Waals surface area contributed by atoms with E-state index in [-0.39, 0.29) is 6.54 Å². The molecule has 4 heteroatoms. The number of hydrogen-bond donors (Lipinski definition) is 0. The van der Waals surface area contributed by atoms with Gasteiger partial charge in [-0.1, -0.05) is 35.0 Å². The van der Waals surface area contributed by atoms with Crippen molar-refractivity contribution >= 4 is 0 Å². The summed E-state index contributed by atoms with van der Waals surface area (Å²) in [6.07, 6.45) is 0. The molecule has 0 aliphatic heterocycles. The zero-order valence-electron chi connectivity index (χ0n) is 8.92. The molecule has 2 rings (SSSR count). The Labute approximate surface area is 93.3 Å². The van der Waals surface area contributed by atoms with Gasteiger partial charge in [-0.25, -0.2) is 0 Å². The zero-order valence-corrected chi connectivity index (χ0v) is 8.92. The van der Waals surface area contributed by atoms with E-state index in [9.17, 15) is 4.91 Å². The van der Waals surface area contributed by atoms with E-state index in [1.807, 2.05) is 37.3 Å². The number of rotatable bonds is 3. The van der Waals surface area contributed by atoms with E-state index in [2.05, 4.69) is 15.4 Å². The van der Waals surface area contributed by atoms with Gasteiger partial charge in [-0.15, -0.1) is 0 Å². The average molecular weight is 213 g/mol. The van der Waals surface area contributed by atoms with Gasteiger partial charge in [0, 0.05) is 5.56 Å². The normalized spacial score (nSPS) is 10.1. The molecule has 0 bridgehead atoms. The highest BCUT2D eigenvalue weighted by atomic mass is 16.3. The Morgan fingerprint density at radius 1 is 1.06 bits per heavy atom. The molecule has 16 heavy (non-hydrogen) atoms. The van der Waals surface area contributed by atoms with Crippen LogP contribution in [0.25, 0.3) is 11.3 Å². The second kappa shape index (κ2) is 4.61. The lowest BCUT2D eigenvalue weighted by Crippen LogP contribution is -1.92. The maximum atomic E-state index is 10.0. The molecule has 0 radical (unpaired) electrons. The molecule has 0 amide bonds. The van der Waals surface area contributed by atoms with Crippen molar-refractivity contribution in [2.75, 3.05) is 0 Å². The Bertz CT molecular complexity index is 477. The van der Waals surface area contributed by atoms with Gasteiger partial charge >= 0.3 is 0 Å². The molecule has 0 fully saturated rings. The Morgan fingerprint density at radius 3 is 2.38 bits per heavy atom. The quantitative estimate of drug-likeness (QED) is 0.736. The Kier molecular flexibility index (Phi) is 3.00. The van der Waals surface area contributed by atoms with Crippen molar-refractivity contribution in [1.82, 2.24) is 10.2 Å². The first kappa shape index (κ1) is 10.4. The predicted molar refractivity (Wildman–Crippen MR) is 61.7 cm³/mol. The van der Waals surface area contributed by atoms with Crippen molar-refractivity contribution in [3.63, 3.8) is 0 Å². The summed E-state index contributed by atoms with van der Waals surface area (Å²) in [4.78, 5) is 10.0. The second-order valence-corrected chi connectivity index (χ2v) is 3.56. The topological polar surface area (TPSA) is 55.2 Å². The third kappa shape index (κ3) is 2.28. The summed E-state index contributed by atoms with van der Waals surface area (Å²) in [5.41, 5.74) is 3.61. The molecule has 0 saturated heterocycles. The minimum Gasteiger partial charge on any atom is -0.153 e. The summed E-state index contributed by atoms with van der Waals surface area (Å²) in [6, 6.07) is 11.7. The van der Waals surface area contributed by atoms with Gasteiger partial charge in [0.05, 0.1) is 11.4 Å². The first-order chi connectivity index (χ1) is 7.79. The van der Waals surface area contributed by atoms with Crippen LogP contribution in [0.4, 0.5) is 0 Å². The molecule has 1 heterocycles. The van der Waals surface area contributed by atoms with E-state index in [0.29, 0.717) is 5.69 Å². The van der Waals surface area contributed by atoms with Gasteiger partial charge in [0.2, 0.25) is 0 Å². The Morgan fingerprint density at radius 2 is 1.81 bits per heavy atom. The third-order valence-corrected chi connectivity index (χ3v) is 2.29. The summed E-state index contributed by atoms with van der Waals surface area (Å²) in [6.45, 7) is 2.11. The van der Waals surface area contributed by atoms with E-state index in [1.54, 1.807) is 6.07 Å². The first-order valence-electron chi connectivity index (χ1n) is 4.98. The van der Waals surface area contributed by atoms with Gasteiger partial charge in [0.15, 0.2) is 0 Å². The molecule has 0 unspecified atom stereocenters. The first-order valence-corrected chi connectivity index (χ1v) is 4.98. The minimum atomic E-state index is 0.0706. The molecule has 2 aromatic rings. The van der Waals surface area contributed by atoms with Crippen LogP contribution in [0.2, 0.25) is 0 Å². The number of nitrogens with zero attached hydrogens (tertiary/aromatic N) is 3. The Balaban J connectivity index is 2.27. The molecule has 4 nitrogen and oxygen atoms in total. The van der Waals surface area contributed by atoms with Crippen LogP contribution in [-0.4, -0.2) is 10.2 Å². The lowest BCUT2D eigenvalue weighted by Gasteiger charge is -2.00. The van der Waals surface area contributed by atoms with Crippen molar-refractivity contribution in [3.05, 3.63) is 52.6 Å². The minimum absolute atomic E-state index is 0.0706. The fourth-order valence-corrected chi connectivity index (χ4v) is 1.39. The van der Waals surface area contributed by atoms with Crippen LogP contribution in [0.1, 0.15) is 11.3 Å². The molecular formula is C12H11N3O. The van der Waals surface area contributed by atoms with Crippen molar-refractivity contribution in [1.29, 1.82) is 0 Å². The molecular weight excluding hydrogens is 202 g/mol. The summed E-state index contributed by atoms with van der Waals surface area (Å²) >= 11 is 0. The summed E-state index contributed by atoms with van der Waals surface area (Å²) < 4.78 is 0. The molecule has 80 valence electrons. The standard InChI is InChI=1S/C12H11N3O/c1-9-2-4-10(5-3-9)12-7-6-11(8-13-16)14-15-12/h2-7H,8H2,1H3. The maximum Gasteiger partial charge on any atom is 0.125 e. The van der Waals surface area contributed by atoms with Crippen LogP contribution < -0.4 is 0 Å². The Hall–Kier alpha value is -2.10. The van der Waals surface area contributed by atoms with Gasteiger partial charge < -0.3 is 0 Å². The lowest BCUT2D eigenvalue weighted by atomic mass is 10.1. The number of benzene rings is 1. The van der Waals surface area contributed by atoms with Gasteiger partial charge in [0.1, 0.15) is 6.54 Å². The summed E-state index contributed by atoms with van der Waals surface area (Å²) in [5.74, 6) is 0. The summed E-state index contributed by atoms with van der Waals surface area (Å²) in [5, 5.41) is 10.7. The molecule has 0 spiro atoms. The van der Waals surface area contributed by atoms with Crippen molar-refractivity contribution in [2.24, 2.45) is 5.18 Å². The SMILES string of the molecule is Cc1ccc(-c2ccc(CN=O)nn2)cc1. The lowest BCUT2D eigenvalue weighted by molar-refractivity contribution is 0.898. The smallest absolute Gasteiger partial charge is 0.125 e. The van der Waals surface area contributed by atoms with Crippen LogP contribution in [-0.2, 0) is 6.54 Å². The monoisotopic (exact) mass is 213 g/mol. The van der Waals surface area contributed by atoms with E-state index in [4.69, 9.17) is 0 Å². The van der Waals surface area contributed by atoms with Gasteiger partial charge in [-0.2, -0.15) is 15.1 Å². The maximum absolute atomic E-state index is 10.0. The molecule has 1 aromatic carbocycles. The highest BCUT2D eigenvalue weighted by Gasteiger charge is 2.00. The second-order valence-electron chi connectivity index (χ2n) is 3.56. The number of hydrogen-bond acceptors (Lipinski definition) is 4. The summed E-state index contributed by atoms with van der Waals surface area (Å²) in [7, 11) is 0. The fourth-order valence-electron chi connectivity index (χ4n) is 1.39. The molecule has 1 aromatic heterocycles. The van der Waals surface area contributed by atoms with E-state index in [1.165, 1.54) is 5.56 Å². The van der Waals surface area contributed by atoms with Crippen LogP contribution >= 0.6 is 0 Å². The molecule has 0 aliphatic carbocycles. The van der Waals surface area contributed by atoms with Crippen LogP contribution in [0.3, 0.4) is 0 Å². The average Bonchev–Trinajstić information content (AvgIpc) is 2.32. The van der Waals surface area contributed by atoms with Gasteiger partial charge in [-0.05, 0) is 19.1 Å².